The fraction of sp³-hybridized carbons (Fsp3) is 0.353. The van der Waals surface area contributed by atoms with Crippen molar-refractivity contribution in [1.82, 2.24) is 15.3 Å². The summed E-state index contributed by atoms with van der Waals surface area (Å²) in [7, 11) is 0. The van der Waals surface area contributed by atoms with E-state index in [4.69, 9.17) is 26.3 Å². The number of esters is 1. The Kier molecular flexibility index (Phi) is 8.60. The number of carbonyl (C=O) groups excluding carboxylic acids is 2. The molecule has 1 aromatic heterocycles. The first kappa shape index (κ1) is 29.6. The van der Waals surface area contributed by atoms with Crippen LogP contribution in [0.25, 0.3) is 22.3 Å². The minimum Gasteiger partial charge on any atom is -0.460 e. The van der Waals surface area contributed by atoms with Crippen molar-refractivity contribution in [2.45, 2.75) is 65.0 Å². The fourth-order valence-electron chi connectivity index (χ4n) is 5.46. The number of amides is 1. The van der Waals surface area contributed by atoms with Crippen LogP contribution in [0, 0.1) is 17.7 Å². The smallest absolute Gasteiger partial charge is 0.309 e. The maximum atomic E-state index is 13.3. The molecule has 3 atom stereocenters. The van der Waals surface area contributed by atoms with Crippen molar-refractivity contribution in [1.29, 1.82) is 0 Å². The van der Waals surface area contributed by atoms with Gasteiger partial charge in [0, 0.05) is 16.1 Å². The summed E-state index contributed by atoms with van der Waals surface area (Å²) >= 11 is 6.16. The second-order valence-electron chi connectivity index (χ2n) is 12.1. The SMILES string of the molecule is CC(NC(=O)c1ccc2nc(-c3ccc(Cl)cc3)c(CC3CCC(C(=O)OC(C)(C)C)C3)nc2c1)c1ccc(F)cc1. The van der Waals surface area contributed by atoms with Gasteiger partial charge in [0.05, 0.1) is 34.4 Å². The molecule has 1 aliphatic rings. The fourth-order valence-corrected chi connectivity index (χ4v) is 5.59. The molecule has 0 saturated heterocycles. The molecule has 1 saturated carbocycles. The van der Waals surface area contributed by atoms with Gasteiger partial charge in [0.25, 0.3) is 5.91 Å². The third kappa shape index (κ3) is 7.13. The van der Waals surface area contributed by atoms with Gasteiger partial charge in [0.1, 0.15) is 11.4 Å². The van der Waals surface area contributed by atoms with Crippen molar-refractivity contribution in [3.63, 3.8) is 0 Å². The van der Waals surface area contributed by atoms with E-state index in [2.05, 4.69) is 5.32 Å². The molecular formula is C34H35ClFN3O3. The number of aromatic nitrogens is 2. The van der Waals surface area contributed by atoms with Crippen LogP contribution in [0.1, 0.15) is 74.6 Å². The van der Waals surface area contributed by atoms with E-state index in [1.807, 2.05) is 52.0 Å². The first-order valence-electron chi connectivity index (χ1n) is 14.3. The van der Waals surface area contributed by atoms with E-state index in [1.165, 1.54) is 12.1 Å². The average molecular weight is 588 g/mol. The highest BCUT2D eigenvalue weighted by Crippen LogP contribution is 2.36. The molecule has 5 rings (SSSR count). The molecule has 1 fully saturated rings. The van der Waals surface area contributed by atoms with Crippen LogP contribution < -0.4 is 5.32 Å². The topological polar surface area (TPSA) is 81.2 Å². The lowest BCUT2D eigenvalue weighted by atomic mass is 9.96. The van der Waals surface area contributed by atoms with Gasteiger partial charge < -0.3 is 10.1 Å². The van der Waals surface area contributed by atoms with E-state index in [0.717, 1.165) is 41.8 Å². The van der Waals surface area contributed by atoms with Crippen molar-refractivity contribution in [2.24, 2.45) is 11.8 Å². The van der Waals surface area contributed by atoms with Crippen LogP contribution >= 0.6 is 11.6 Å². The largest absolute Gasteiger partial charge is 0.460 e. The first-order chi connectivity index (χ1) is 19.9. The second kappa shape index (κ2) is 12.2. The van der Waals surface area contributed by atoms with Gasteiger partial charge >= 0.3 is 5.97 Å². The van der Waals surface area contributed by atoms with E-state index in [9.17, 15) is 14.0 Å². The Balaban J connectivity index is 1.41. The van der Waals surface area contributed by atoms with Gasteiger partial charge in [0.15, 0.2) is 0 Å². The molecule has 0 bridgehead atoms. The van der Waals surface area contributed by atoms with Crippen molar-refractivity contribution < 1.29 is 18.7 Å². The van der Waals surface area contributed by atoms with Crippen LogP contribution in [-0.4, -0.2) is 27.4 Å². The van der Waals surface area contributed by atoms with Crippen LogP contribution in [0.5, 0.6) is 0 Å². The Bertz CT molecular complexity index is 1600. The summed E-state index contributed by atoms with van der Waals surface area (Å²) in [6.07, 6.45) is 3.07. The summed E-state index contributed by atoms with van der Waals surface area (Å²) in [5.41, 5.74) is 4.53. The van der Waals surface area contributed by atoms with Crippen LogP contribution in [0.2, 0.25) is 5.02 Å². The maximum Gasteiger partial charge on any atom is 0.309 e. The molecule has 218 valence electrons. The second-order valence-corrected chi connectivity index (χ2v) is 12.5. The lowest BCUT2D eigenvalue weighted by Crippen LogP contribution is -2.27. The first-order valence-corrected chi connectivity index (χ1v) is 14.7. The molecule has 1 N–H and O–H groups in total. The molecule has 8 heteroatoms. The molecule has 6 nitrogen and oxygen atoms in total. The monoisotopic (exact) mass is 587 g/mol. The number of hydrogen-bond donors (Lipinski definition) is 1. The molecule has 3 aromatic carbocycles. The molecule has 3 unspecified atom stereocenters. The number of rotatable bonds is 7. The van der Waals surface area contributed by atoms with Gasteiger partial charge in [0.2, 0.25) is 0 Å². The number of carbonyl (C=O) groups is 2. The summed E-state index contributed by atoms with van der Waals surface area (Å²) in [5, 5.41) is 3.61. The predicted molar refractivity (Wildman–Crippen MR) is 163 cm³/mol. The highest BCUT2D eigenvalue weighted by atomic mass is 35.5. The lowest BCUT2D eigenvalue weighted by Gasteiger charge is -2.22. The molecule has 0 radical (unpaired) electrons. The van der Waals surface area contributed by atoms with Gasteiger partial charge in [-0.25, -0.2) is 14.4 Å². The molecule has 0 spiro atoms. The minimum atomic E-state index is -0.512. The highest BCUT2D eigenvalue weighted by molar-refractivity contribution is 6.30. The minimum absolute atomic E-state index is 0.125. The zero-order chi connectivity index (χ0) is 30.0. The van der Waals surface area contributed by atoms with E-state index in [1.54, 1.807) is 30.3 Å². The van der Waals surface area contributed by atoms with Crippen LogP contribution in [-0.2, 0) is 16.0 Å². The Morgan fingerprint density at radius 3 is 2.40 bits per heavy atom. The molecule has 0 aliphatic heterocycles. The van der Waals surface area contributed by atoms with E-state index < -0.39 is 5.60 Å². The van der Waals surface area contributed by atoms with E-state index in [-0.39, 0.29) is 35.6 Å². The van der Waals surface area contributed by atoms with Gasteiger partial charge in [-0.3, -0.25) is 9.59 Å². The number of nitrogens with one attached hydrogen (secondary N) is 1. The Morgan fingerprint density at radius 1 is 1.00 bits per heavy atom. The number of fused-ring (bicyclic) bond motifs is 1. The van der Waals surface area contributed by atoms with Crippen molar-refractivity contribution in [2.75, 3.05) is 0 Å². The quantitative estimate of drug-likeness (QED) is 0.222. The number of hydrogen-bond acceptors (Lipinski definition) is 5. The summed E-state index contributed by atoms with van der Waals surface area (Å²) in [5.74, 6) is -0.589. The molecule has 1 aliphatic carbocycles. The third-order valence-electron chi connectivity index (χ3n) is 7.60. The lowest BCUT2D eigenvalue weighted by molar-refractivity contribution is -0.159. The van der Waals surface area contributed by atoms with E-state index >= 15 is 0 Å². The predicted octanol–water partition coefficient (Wildman–Crippen LogP) is 7.88. The summed E-state index contributed by atoms with van der Waals surface area (Å²) < 4.78 is 19.0. The number of ether oxygens (including phenoxy) is 1. The average Bonchev–Trinajstić information content (AvgIpc) is 3.41. The third-order valence-corrected chi connectivity index (χ3v) is 7.85. The van der Waals surface area contributed by atoms with Crippen molar-refractivity contribution >= 4 is 34.5 Å². The van der Waals surface area contributed by atoms with Gasteiger partial charge in [-0.1, -0.05) is 35.9 Å². The van der Waals surface area contributed by atoms with Gasteiger partial charge in [-0.2, -0.15) is 0 Å². The number of nitrogens with zero attached hydrogens (tertiary/aromatic N) is 2. The normalized spacial score (nSPS) is 17.7. The van der Waals surface area contributed by atoms with Crippen LogP contribution in [0.4, 0.5) is 4.39 Å². The maximum absolute atomic E-state index is 13.3. The molecule has 4 aromatic rings. The Labute approximate surface area is 250 Å². The molecular weight excluding hydrogens is 553 g/mol. The zero-order valence-corrected chi connectivity index (χ0v) is 25.0. The van der Waals surface area contributed by atoms with Crippen LogP contribution in [0.3, 0.4) is 0 Å². The molecule has 1 heterocycles. The van der Waals surface area contributed by atoms with E-state index in [0.29, 0.717) is 28.0 Å². The number of benzene rings is 3. The summed E-state index contributed by atoms with van der Waals surface area (Å²) in [4.78, 5) is 35.8. The van der Waals surface area contributed by atoms with Crippen molar-refractivity contribution in [3.05, 3.63) is 94.4 Å². The Hall–Kier alpha value is -3.84. The Morgan fingerprint density at radius 2 is 1.71 bits per heavy atom. The molecule has 42 heavy (non-hydrogen) atoms. The highest BCUT2D eigenvalue weighted by Gasteiger charge is 2.34. The van der Waals surface area contributed by atoms with Crippen LogP contribution in [0.15, 0.2) is 66.7 Å². The zero-order valence-electron chi connectivity index (χ0n) is 24.3. The summed E-state index contributed by atoms with van der Waals surface area (Å²) in [6, 6.07) is 18.6. The summed E-state index contributed by atoms with van der Waals surface area (Å²) in [6.45, 7) is 7.52. The van der Waals surface area contributed by atoms with Gasteiger partial charge in [-0.15, -0.1) is 0 Å². The van der Waals surface area contributed by atoms with Gasteiger partial charge in [-0.05, 0) is 107 Å². The standard InChI is InChI=1S/C34H35ClFN3O3/c1-20(22-9-14-27(36)15-10-22)37-32(40)24-11-16-28-29(19-24)38-30(31(39-28)23-7-12-26(35)13-8-23)18-21-5-6-25(17-21)33(41)42-34(2,3)4/h7-16,19-21,25H,5-6,17-18H2,1-4H3,(H,37,40). The number of halogens is 2. The van der Waals surface area contributed by atoms with Crippen molar-refractivity contribution in [3.8, 4) is 11.3 Å². The molecule has 1 amide bonds.